The summed E-state index contributed by atoms with van der Waals surface area (Å²) in [7, 11) is 1.66. The van der Waals surface area contributed by atoms with E-state index < -0.39 is 6.09 Å². The standard InChI is InChI=1S/C24H36N2O2/c1-25(24(27)28)15-13-19-8-5-9-21-20(19)10-11-23-22(21)14-17-26(23)16-12-18-6-3-2-4-7-18/h5,8-9,18,22-23H,2-4,6-7,10-17H2,1H3,(H,27,28)/t22-,23+/m0/s1. The van der Waals surface area contributed by atoms with Crippen molar-refractivity contribution in [1.82, 2.24) is 9.80 Å². The zero-order valence-corrected chi connectivity index (χ0v) is 17.4. The van der Waals surface area contributed by atoms with Gasteiger partial charge in [-0.25, -0.2) is 4.79 Å². The second-order valence-electron chi connectivity index (χ2n) is 9.27. The minimum absolute atomic E-state index is 0.577. The van der Waals surface area contributed by atoms with Crippen LogP contribution in [0.25, 0.3) is 0 Å². The molecule has 154 valence electrons. The quantitative estimate of drug-likeness (QED) is 0.757. The molecule has 1 amide bonds. The van der Waals surface area contributed by atoms with Gasteiger partial charge in [-0.1, -0.05) is 50.3 Å². The van der Waals surface area contributed by atoms with E-state index in [0.717, 1.165) is 24.8 Å². The first-order valence-electron chi connectivity index (χ1n) is 11.4. The van der Waals surface area contributed by atoms with Gasteiger partial charge in [-0.2, -0.15) is 0 Å². The highest BCUT2D eigenvalue weighted by atomic mass is 16.4. The zero-order valence-electron chi connectivity index (χ0n) is 17.4. The summed E-state index contributed by atoms with van der Waals surface area (Å²) in [5, 5.41) is 9.12. The van der Waals surface area contributed by atoms with Gasteiger partial charge in [-0.3, -0.25) is 4.90 Å². The Morgan fingerprint density at radius 3 is 2.79 bits per heavy atom. The van der Waals surface area contributed by atoms with E-state index in [1.54, 1.807) is 12.6 Å². The van der Waals surface area contributed by atoms with Gasteiger partial charge in [0, 0.05) is 25.6 Å². The second-order valence-corrected chi connectivity index (χ2v) is 9.27. The van der Waals surface area contributed by atoms with Gasteiger partial charge in [0.15, 0.2) is 0 Å². The summed E-state index contributed by atoms with van der Waals surface area (Å²) in [5.74, 6) is 1.66. The number of hydrogen-bond acceptors (Lipinski definition) is 2. The predicted octanol–water partition coefficient (Wildman–Crippen LogP) is 4.91. The molecule has 0 spiro atoms. The molecule has 4 nitrogen and oxygen atoms in total. The molecule has 2 atom stereocenters. The monoisotopic (exact) mass is 384 g/mol. The Balaban J connectivity index is 1.39. The fourth-order valence-electron chi connectivity index (χ4n) is 5.98. The number of hydrogen-bond donors (Lipinski definition) is 1. The van der Waals surface area contributed by atoms with E-state index in [-0.39, 0.29) is 0 Å². The van der Waals surface area contributed by atoms with Gasteiger partial charge in [0.1, 0.15) is 0 Å². The van der Waals surface area contributed by atoms with E-state index >= 15 is 0 Å². The number of carboxylic acid groups (broad SMARTS) is 1. The van der Waals surface area contributed by atoms with Crippen molar-refractivity contribution in [2.75, 3.05) is 26.7 Å². The summed E-state index contributed by atoms with van der Waals surface area (Å²) in [4.78, 5) is 15.3. The van der Waals surface area contributed by atoms with Crippen molar-refractivity contribution in [3.63, 3.8) is 0 Å². The Hall–Kier alpha value is -1.55. The molecule has 4 heteroatoms. The van der Waals surface area contributed by atoms with E-state index in [1.807, 2.05) is 0 Å². The average Bonchev–Trinajstić information content (AvgIpc) is 3.14. The van der Waals surface area contributed by atoms with Crippen LogP contribution in [-0.2, 0) is 12.8 Å². The maximum atomic E-state index is 11.1. The number of fused-ring (bicyclic) bond motifs is 3. The molecule has 0 unspecified atom stereocenters. The van der Waals surface area contributed by atoms with Crippen LogP contribution in [0.15, 0.2) is 18.2 Å². The maximum Gasteiger partial charge on any atom is 0.407 e. The Morgan fingerprint density at radius 2 is 2.00 bits per heavy atom. The van der Waals surface area contributed by atoms with E-state index in [1.165, 1.54) is 80.5 Å². The first kappa shape index (κ1) is 19.8. The topological polar surface area (TPSA) is 43.8 Å². The number of amides is 1. The molecule has 1 aromatic rings. The lowest BCUT2D eigenvalue weighted by molar-refractivity contribution is 0.156. The molecule has 0 bridgehead atoms. The maximum absolute atomic E-state index is 11.1. The third kappa shape index (κ3) is 4.22. The molecule has 1 saturated carbocycles. The van der Waals surface area contributed by atoms with Crippen molar-refractivity contribution in [3.8, 4) is 0 Å². The fourth-order valence-corrected chi connectivity index (χ4v) is 5.98. The molecule has 1 heterocycles. The lowest BCUT2D eigenvalue weighted by Gasteiger charge is -2.35. The highest BCUT2D eigenvalue weighted by Crippen LogP contribution is 2.43. The Kier molecular flexibility index (Phi) is 6.25. The summed E-state index contributed by atoms with van der Waals surface area (Å²) in [6, 6.07) is 7.49. The molecular weight excluding hydrogens is 348 g/mol. The van der Waals surface area contributed by atoms with Crippen molar-refractivity contribution < 1.29 is 9.90 Å². The molecule has 0 aromatic heterocycles. The molecule has 1 aromatic carbocycles. The highest BCUT2D eigenvalue weighted by molar-refractivity contribution is 5.64. The van der Waals surface area contributed by atoms with Crippen molar-refractivity contribution in [2.45, 2.75) is 76.2 Å². The summed E-state index contributed by atoms with van der Waals surface area (Å²) in [6.07, 6.45) is 12.4. The van der Waals surface area contributed by atoms with Crippen molar-refractivity contribution in [2.24, 2.45) is 5.92 Å². The number of rotatable bonds is 6. The fraction of sp³-hybridized carbons (Fsp3) is 0.708. The van der Waals surface area contributed by atoms with Crippen LogP contribution in [0.3, 0.4) is 0 Å². The normalized spacial score (nSPS) is 25.3. The van der Waals surface area contributed by atoms with Crippen LogP contribution in [0.1, 0.15) is 74.0 Å². The van der Waals surface area contributed by atoms with E-state index in [4.69, 9.17) is 5.11 Å². The average molecular weight is 385 g/mol. The number of nitrogens with zero attached hydrogens (tertiary/aromatic N) is 2. The lowest BCUT2D eigenvalue weighted by Crippen LogP contribution is -2.36. The molecule has 2 fully saturated rings. The van der Waals surface area contributed by atoms with Crippen LogP contribution in [0.4, 0.5) is 4.79 Å². The molecule has 0 radical (unpaired) electrons. The van der Waals surface area contributed by atoms with Gasteiger partial charge in [-0.05, 0) is 67.8 Å². The molecule has 2 aliphatic carbocycles. The Labute approximate surface area is 169 Å². The van der Waals surface area contributed by atoms with Crippen LogP contribution >= 0.6 is 0 Å². The Morgan fingerprint density at radius 1 is 1.18 bits per heavy atom. The van der Waals surface area contributed by atoms with Gasteiger partial charge in [0.05, 0.1) is 0 Å². The van der Waals surface area contributed by atoms with Crippen LogP contribution in [0, 0.1) is 5.92 Å². The third-order valence-corrected chi connectivity index (χ3v) is 7.65. The molecule has 1 saturated heterocycles. The van der Waals surface area contributed by atoms with Crippen LogP contribution < -0.4 is 0 Å². The van der Waals surface area contributed by atoms with E-state index in [0.29, 0.717) is 12.5 Å². The lowest BCUT2D eigenvalue weighted by atomic mass is 9.77. The van der Waals surface area contributed by atoms with Crippen LogP contribution in [0.5, 0.6) is 0 Å². The van der Waals surface area contributed by atoms with Crippen molar-refractivity contribution in [3.05, 3.63) is 34.9 Å². The van der Waals surface area contributed by atoms with Gasteiger partial charge in [-0.15, -0.1) is 0 Å². The third-order valence-electron chi connectivity index (χ3n) is 7.65. The zero-order chi connectivity index (χ0) is 19.5. The Bertz CT molecular complexity index is 683. The van der Waals surface area contributed by atoms with Crippen molar-refractivity contribution in [1.29, 1.82) is 0 Å². The minimum atomic E-state index is -0.839. The summed E-state index contributed by atoms with van der Waals surface area (Å²) < 4.78 is 0. The molecule has 1 aliphatic heterocycles. The largest absolute Gasteiger partial charge is 0.465 e. The molecular formula is C24H36N2O2. The molecule has 1 N–H and O–H groups in total. The summed E-state index contributed by atoms with van der Waals surface area (Å²) in [5.41, 5.74) is 4.45. The van der Waals surface area contributed by atoms with Gasteiger partial charge < -0.3 is 10.0 Å². The first-order valence-corrected chi connectivity index (χ1v) is 11.4. The number of likely N-dealkylation sites (N-methyl/N-ethyl adjacent to an activating group) is 1. The van der Waals surface area contributed by atoms with Gasteiger partial charge in [0.2, 0.25) is 0 Å². The summed E-state index contributed by atoms with van der Waals surface area (Å²) >= 11 is 0. The highest BCUT2D eigenvalue weighted by Gasteiger charge is 2.39. The van der Waals surface area contributed by atoms with Gasteiger partial charge >= 0.3 is 6.09 Å². The SMILES string of the molecule is CN(CCc1cccc2c1CC[C@@H]1[C@H]2CCN1CCC1CCCCC1)C(=O)O. The smallest absolute Gasteiger partial charge is 0.407 e. The number of carbonyl (C=O) groups is 1. The predicted molar refractivity (Wildman–Crippen MR) is 113 cm³/mol. The minimum Gasteiger partial charge on any atom is -0.465 e. The molecule has 28 heavy (non-hydrogen) atoms. The van der Waals surface area contributed by atoms with E-state index in [2.05, 4.69) is 23.1 Å². The second kappa shape index (κ2) is 8.86. The molecule has 3 aliphatic rings. The van der Waals surface area contributed by atoms with Crippen molar-refractivity contribution >= 4 is 6.09 Å². The van der Waals surface area contributed by atoms with Gasteiger partial charge in [0.25, 0.3) is 0 Å². The van der Waals surface area contributed by atoms with Crippen LogP contribution in [-0.4, -0.2) is 53.7 Å². The number of benzene rings is 1. The van der Waals surface area contributed by atoms with Crippen LogP contribution in [0.2, 0.25) is 0 Å². The summed E-state index contributed by atoms with van der Waals surface area (Å²) in [6.45, 7) is 3.13. The van der Waals surface area contributed by atoms with E-state index in [9.17, 15) is 4.79 Å². The first-order chi connectivity index (χ1) is 13.6. The number of likely N-dealkylation sites (tertiary alicyclic amines) is 1. The molecule has 4 rings (SSSR count).